The van der Waals surface area contributed by atoms with Gasteiger partial charge in [-0.2, -0.15) is 0 Å². The van der Waals surface area contributed by atoms with Crippen molar-refractivity contribution >= 4 is 34.9 Å². The quantitative estimate of drug-likeness (QED) is 0.754. The first-order valence-corrected chi connectivity index (χ1v) is 8.59. The minimum absolute atomic E-state index is 0.201. The maximum absolute atomic E-state index is 12.9. The van der Waals surface area contributed by atoms with Gasteiger partial charge in [-0.1, -0.05) is 12.1 Å². The van der Waals surface area contributed by atoms with Gasteiger partial charge in [0.2, 0.25) is 5.91 Å². The molecule has 2 heterocycles. The number of imidazole rings is 1. The molecule has 134 valence electrons. The Kier molecular flexibility index (Phi) is 5.47. The van der Waals surface area contributed by atoms with Crippen LogP contribution in [0, 0.1) is 5.82 Å². The number of carbonyl (C=O) groups excluding carboxylic acids is 3. The van der Waals surface area contributed by atoms with Gasteiger partial charge in [0, 0.05) is 24.9 Å². The van der Waals surface area contributed by atoms with Crippen molar-refractivity contribution in [1.82, 2.24) is 20.2 Å². The molecule has 0 radical (unpaired) electrons. The Morgan fingerprint density at radius 2 is 2.08 bits per heavy atom. The van der Waals surface area contributed by atoms with Gasteiger partial charge in [0.15, 0.2) is 0 Å². The lowest BCUT2D eigenvalue weighted by Crippen LogP contribution is -2.40. The Balaban J connectivity index is 1.56. The Morgan fingerprint density at radius 3 is 2.77 bits per heavy atom. The Bertz CT molecular complexity index is 849. The highest BCUT2D eigenvalue weighted by molar-refractivity contribution is 8.18. The maximum atomic E-state index is 12.9. The largest absolute Gasteiger partial charge is 0.354 e. The minimum Gasteiger partial charge on any atom is -0.354 e. The standard InChI is InChI=1S/C17H15FN4O3S/c18-12-3-1-11(2-4-12)7-14-16(24)22(17(25)26-14)9-15(23)20-6-5-13-8-19-10-21-13/h1-4,7-8,10H,5-6,9H2,(H,19,21)(H,20,23). The number of benzene rings is 1. The number of thioether (sulfide) groups is 1. The smallest absolute Gasteiger partial charge is 0.294 e. The van der Waals surface area contributed by atoms with Crippen LogP contribution in [0.15, 0.2) is 41.7 Å². The molecule has 1 fully saturated rings. The number of aromatic nitrogens is 2. The molecule has 1 aromatic carbocycles. The van der Waals surface area contributed by atoms with Crippen molar-refractivity contribution in [2.24, 2.45) is 0 Å². The molecular weight excluding hydrogens is 359 g/mol. The van der Waals surface area contributed by atoms with E-state index in [0.29, 0.717) is 18.5 Å². The van der Waals surface area contributed by atoms with E-state index >= 15 is 0 Å². The van der Waals surface area contributed by atoms with Crippen LogP contribution in [0.25, 0.3) is 6.08 Å². The molecule has 9 heteroatoms. The van der Waals surface area contributed by atoms with E-state index in [1.807, 2.05) is 0 Å². The van der Waals surface area contributed by atoms with Crippen LogP contribution in [0.3, 0.4) is 0 Å². The van der Waals surface area contributed by atoms with Crippen molar-refractivity contribution in [2.75, 3.05) is 13.1 Å². The SMILES string of the molecule is O=C(CN1C(=O)SC(=Cc2ccc(F)cc2)C1=O)NCCc1cnc[nH]1. The van der Waals surface area contributed by atoms with Crippen LogP contribution in [0.5, 0.6) is 0 Å². The number of H-pyrrole nitrogens is 1. The fraction of sp³-hybridized carbons (Fsp3) is 0.176. The van der Waals surface area contributed by atoms with E-state index in [4.69, 9.17) is 0 Å². The van der Waals surface area contributed by atoms with E-state index in [1.165, 1.54) is 30.3 Å². The van der Waals surface area contributed by atoms with Crippen LogP contribution in [0.1, 0.15) is 11.3 Å². The lowest BCUT2D eigenvalue weighted by atomic mass is 10.2. The predicted molar refractivity (Wildman–Crippen MR) is 94.4 cm³/mol. The first-order valence-electron chi connectivity index (χ1n) is 7.78. The maximum Gasteiger partial charge on any atom is 0.294 e. The summed E-state index contributed by atoms with van der Waals surface area (Å²) in [4.78, 5) is 44.2. The van der Waals surface area contributed by atoms with Gasteiger partial charge in [-0.15, -0.1) is 0 Å². The van der Waals surface area contributed by atoms with Crippen molar-refractivity contribution in [2.45, 2.75) is 6.42 Å². The number of nitrogens with zero attached hydrogens (tertiary/aromatic N) is 2. The predicted octanol–water partition coefficient (Wildman–Crippen LogP) is 1.94. The lowest BCUT2D eigenvalue weighted by Gasteiger charge is -2.12. The number of aromatic amines is 1. The fourth-order valence-corrected chi connectivity index (χ4v) is 3.14. The van der Waals surface area contributed by atoms with Gasteiger partial charge in [-0.25, -0.2) is 9.37 Å². The number of carbonyl (C=O) groups is 3. The second-order valence-electron chi connectivity index (χ2n) is 5.50. The highest BCUT2D eigenvalue weighted by Gasteiger charge is 2.36. The molecule has 3 rings (SSSR count). The molecule has 2 aromatic rings. The van der Waals surface area contributed by atoms with Gasteiger partial charge in [0.1, 0.15) is 12.4 Å². The first-order chi connectivity index (χ1) is 12.5. The average Bonchev–Trinajstić information content (AvgIpc) is 3.21. The highest BCUT2D eigenvalue weighted by atomic mass is 32.2. The van der Waals surface area contributed by atoms with Gasteiger partial charge < -0.3 is 10.3 Å². The molecule has 2 N–H and O–H groups in total. The summed E-state index contributed by atoms with van der Waals surface area (Å²) in [5, 5.41) is 2.15. The summed E-state index contributed by atoms with van der Waals surface area (Å²) in [6.45, 7) is 0.0249. The van der Waals surface area contributed by atoms with E-state index < -0.39 is 17.1 Å². The summed E-state index contributed by atoms with van der Waals surface area (Å²) in [7, 11) is 0. The van der Waals surface area contributed by atoms with Crippen LogP contribution in [0.2, 0.25) is 0 Å². The van der Waals surface area contributed by atoms with Gasteiger partial charge >= 0.3 is 0 Å². The Morgan fingerprint density at radius 1 is 1.31 bits per heavy atom. The summed E-state index contributed by atoms with van der Waals surface area (Å²) in [6.07, 6.45) is 5.27. The molecule has 0 spiro atoms. The third kappa shape index (κ3) is 4.37. The molecule has 3 amide bonds. The molecule has 1 aromatic heterocycles. The normalized spacial score (nSPS) is 15.7. The van der Waals surface area contributed by atoms with Gasteiger partial charge in [0.25, 0.3) is 11.1 Å². The lowest BCUT2D eigenvalue weighted by molar-refractivity contribution is -0.129. The van der Waals surface area contributed by atoms with Gasteiger partial charge in [-0.3, -0.25) is 19.3 Å². The first kappa shape index (κ1) is 17.9. The van der Waals surface area contributed by atoms with Crippen LogP contribution >= 0.6 is 11.8 Å². The van der Waals surface area contributed by atoms with E-state index in [2.05, 4.69) is 15.3 Å². The van der Waals surface area contributed by atoms with Crippen LogP contribution in [-0.4, -0.2) is 45.0 Å². The molecule has 0 saturated carbocycles. The zero-order chi connectivity index (χ0) is 18.5. The summed E-state index contributed by atoms with van der Waals surface area (Å²) in [6, 6.07) is 5.55. The number of hydrogen-bond donors (Lipinski definition) is 2. The van der Waals surface area contributed by atoms with E-state index in [0.717, 1.165) is 22.4 Å². The van der Waals surface area contributed by atoms with E-state index in [-0.39, 0.29) is 17.3 Å². The molecule has 1 aliphatic heterocycles. The molecule has 0 atom stereocenters. The molecule has 26 heavy (non-hydrogen) atoms. The Labute approximate surface area is 152 Å². The topological polar surface area (TPSA) is 95.2 Å². The van der Waals surface area contributed by atoms with Gasteiger partial charge in [-0.05, 0) is 35.5 Å². The number of amides is 3. The third-order valence-electron chi connectivity index (χ3n) is 3.61. The summed E-state index contributed by atoms with van der Waals surface area (Å²) < 4.78 is 12.9. The fourth-order valence-electron chi connectivity index (χ4n) is 2.30. The van der Waals surface area contributed by atoms with Crippen LogP contribution in [0.4, 0.5) is 9.18 Å². The highest BCUT2D eigenvalue weighted by Crippen LogP contribution is 2.31. The van der Waals surface area contributed by atoms with Crippen LogP contribution < -0.4 is 5.32 Å². The summed E-state index contributed by atoms with van der Waals surface area (Å²) >= 11 is 0.756. The van der Waals surface area contributed by atoms with E-state index in [1.54, 1.807) is 12.5 Å². The number of imide groups is 1. The summed E-state index contributed by atoms with van der Waals surface area (Å²) in [5.74, 6) is -1.34. The van der Waals surface area contributed by atoms with Crippen LogP contribution in [-0.2, 0) is 16.0 Å². The van der Waals surface area contributed by atoms with Gasteiger partial charge in [0.05, 0.1) is 11.2 Å². The summed E-state index contributed by atoms with van der Waals surface area (Å²) in [5.41, 5.74) is 1.47. The monoisotopic (exact) mass is 374 g/mol. The zero-order valence-electron chi connectivity index (χ0n) is 13.6. The minimum atomic E-state index is -0.534. The second kappa shape index (κ2) is 7.96. The van der Waals surface area contributed by atoms with Crippen molar-refractivity contribution in [3.05, 3.63) is 58.8 Å². The number of rotatable bonds is 6. The number of nitrogens with one attached hydrogen (secondary N) is 2. The molecule has 0 bridgehead atoms. The molecule has 0 aliphatic carbocycles. The third-order valence-corrected chi connectivity index (χ3v) is 4.52. The zero-order valence-corrected chi connectivity index (χ0v) is 14.4. The molecule has 7 nitrogen and oxygen atoms in total. The number of halogens is 1. The number of hydrogen-bond acceptors (Lipinski definition) is 5. The molecule has 0 unspecified atom stereocenters. The Hall–Kier alpha value is -2.94. The molecule has 1 aliphatic rings. The van der Waals surface area contributed by atoms with E-state index in [9.17, 15) is 18.8 Å². The van der Waals surface area contributed by atoms with Crippen molar-refractivity contribution < 1.29 is 18.8 Å². The van der Waals surface area contributed by atoms with Crippen molar-refractivity contribution in [3.63, 3.8) is 0 Å². The van der Waals surface area contributed by atoms with Crippen molar-refractivity contribution in [1.29, 1.82) is 0 Å². The van der Waals surface area contributed by atoms with Crippen molar-refractivity contribution in [3.8, 4) is 0 Å². The molecular formula is C17H15FN4O3S. The molecule has 1 saturated heterocycles. The average molecular weight is 374 g/mol. The second-order valence-corrected chi connectivity index (χ2v) is 6.49.